The van der Waals surface area contributed by atoms with Gasteiger partial charge in [0.05, 0.1) is 5.56 Å². The summed E-state index contributed by atoms with van der Waals surface area (Å²) in [5, 5.41) is 3.50. The molecule has 0 saturated carbocycles. The Bertz CT molecular complexity index is 1510. The van der Waals surface area contributed by atoms with Crippen LogP contribution in [0.15, 0.2) is 77.7 Å². The second-order valence-corrected chi connectivity index (χ2v) is 12.2. The number of nitrogens with zero attached hydrogens (tertiary/aromatic N) is 2. The maximum Gasteiger partial charge on any atom is 0.269 e. The number of nitrogens with one attached hydrogen (secondary N) is 1. The molecule has 0 aliphatic carbocycles. The van der Waals surface area contributed by atoms with E-state index in [-0.39, 0.29) is 39.5 Å². The number of benzene rings is 3. The fraction of sp³-hybridized carbons (Fsp3) is 0.276. The van der Waals surface area contributed by atoms with Crippen LogP contribution in [0.25, 0.3) is 0 Å². The number of fused-ring (bicyclic) bond motifs is 1. The number of hydrogen-bond acceptors (Lipinski definition) is 5. The van der Waals surface area contributed by atoms with E-state index in [1.807, 2.05) is 44.2 Å². The Labute approximate surface area is 243 Å². The normalized spacial score (nSPS) is 15.3. The molecule has 0 saturated heterocycles. The Kier molecular flexibility index (Phi) is 9.18. The molecule has 8 nitrogen and oxygen atoms in total. The average molecular weight is 603 g/mol. The topological polar surface area (TPSA) is 104 Å². The third-order valence-electron chi connectivity index (χ3n) is 6.85. The van der Waals surface area contributed by atoms with Gasteiger partial charge in [-0.15, -0.1) is 0 Å². The summed E-state index contributed by atoms with van der Waals surface area (Å²) in [5.41, 5.74) is 1.17. The van der Waals surface area contributed by atoms with Crippen LogP contribution in [0, 0.1) is 0 Å². The zero-order valence-electron chi connectivity index (χ0n) is 22.0. The summed E-state index contributed by atoms with van der Waals surface area (Å²) in [6, 6.07) is 18.6. The minimum Gasteiger partial charge on any atom is -0.352 e. The lowest BCUT2D eigenvalue weighted by molar-refractivity contribution is -0.141. The summed E-state index contributed by atoms with van der Waals surface area (Å²) in [6.45, 7) is 2.80. The van der Waals surface area contributed by atoms with Gasteiger partial charge in [-0.1, -0.05) is 78.7 Å². The lowest BCUT2D eigenvalue weighted by Gasteiger charge is -2.33. The number of hydrogen-bond donors (Lipinski definition) is 1. The molecule has 210 valence electrons. The molecule has 1 heterocycles. The van der Waals surface area contributed by atoms with Crippen LogP contribution in [0.5, 0.6) is 0 Å². The van der Waals surface area contributed by atoms with Crippen LogP contribution in [0.2, 0.25) is 10.0 Å². The van der Waals surface area contributed by atoms with Crippen LogP contribution in [-0.2, 0) is 32.6 Å². The highest BCUT2D eigenvalue weighted by molar-refractivity contribution is 7.90. The highest BCUT2D eigenvalue weighted by Gasteiger charge is 2.43. The minimum absolute atomic E-state index is 0.00801. The smallest absolute Gasteiger partial charge is 0.269 e. The van der Waals surface area contributed by atoms with Crippen molar-refractivity contribution in [1.29, 1.82) is 0 Å². The van der Waals surface area contributed by atoms with Crippen molar-refractivity contribution in [1.82, 2.24) is 14.5 Å². The lowest BCUT2D eigenvalue weighted by atomic mass is 10.0. The van der Waals surface area contributed by atoms with Gasteiger partial charge in [0.25, 0.3) is 15.9 Å². The van der Waals surface area contributed by atoms with Crippen LogP contribution in [0.3, 0.4) is 0 Å². The number of carbonyl (C=O) groups excluding carboxylic acids is 3. The van der Waals surface area contributed by atoms with E-state index < -0.39 is 40.3 Å². The third-order valence-corrected chi connectivity index (χ3v) is 9.35. The van der Waals surface area contributed by atoms with Gasteiger partial charge in [-0.3, -0.25) is 14.4 Å². The Balaban J connectivity index is 1.76. The summed E-state index contributed by atoms with van der Waals surface area (Å²) in [6.07, 6.45) is 0.796. The monoisotopic (exact) mass is 601 g/mol. The molecule has 40 heavy (non-hydrogen) atoms. The molecule has 0 unspecified atom stereocenters. The first kappa shape index (κ1) is 29.6. The van der Waals surface area contributed by atoms with Crippen LogP contribution in [0.4, 0.5) is 0 Å². The van der Waals surface area contributed by atoms with E-state index >= 15 is 0 Å². The van der Waals surface area contributed by atoms with Crippen molar-refractivity contribution < 1.29 is 22.8 Å². The van der Waals surface area contributed by atoms with Crippen molar-refractivity contribution in [3.8, 4) is 0 Å². The predicted molar refractivity (Wildman–Crippen MR) is 154 cm³/mol. The number of halogens is 2. The second-order valence-electron chi connectivity index (χ2n) is 9.56. The van der Waals surface area contributed by atoms with Crippen LogP contribution in [-0.4, -0.2) is 54.0 Å². The maximum atomic E-state index is 14.0. The molecular weight excluding hydrogens is 573 g/mol. The summed E-state index contributed by atoms with van der Waals surface area (Å²) in [5.74, 6) is -1.97. The maximum absolute atomic E-state index is 14.0. The first-order valence-electron chi connectivity index (χ1n) is 12.8. The van der Waals surface area contributed by atoms with Crippen molar-refractivity contribution in [3.05, 3.63) is 99.5 Å². The summed E-state index contributed by atoms with van der Waals surface area (Å²) in [7, 11) is -4.26. The van der Waals surface area contributed by atoms with Gasteiger partial charge in [-0.25, -0.2) is 12.7 Å². The molecule has 1 aliphatic heterocycles. The molecule has 3 aromatic carbocycles. The van der Waals surface area contributed by atoms with E-state index in [1.54, 1.807) is 24.3 Å². The zero-order chi connectivity index (χ0) is 29.0. The zero-order valence-corrected chi connectivity index (χ0v) is 24.3. The number of sulfonamides is 1. The van der Waals surface area contributed by atoms with Gasteiger partial charge in [0.15, 0.2) is 0 Å². The molecule has 0 fully saturated rings. The minimum atomic E-state index is -4.26. The predicted octanol–water partition coefficient (Wildman–Crippen LogP) is 4.69. The molecule has 1 aliphatic rings. The number of carbonyl (C=O) groups is 3. The molecule has 0 aromatic heterocycles. The fourth-order valence-corrected chi connectivity index (χ4v) is 6.48. The fourth-order valence-electron chi connectivity index (χ4n) is 4.45. The van der Waals surface area contributed by atoms with Crippen LogP contribution >= 0.6 is 23.2 Å². The van der Waals surface area contributed by atoms with Crippen molar-refractivity contribution in [2.45, 2.75) is 50.2 Å². The van der Waals surface area contributed by atoms with Crippen molar-refractivity contribution in [3.63, 3.8) is 0 Å². The molecule has 2 atom stereocenters. The van der Waals surface area contributed by atoms with Gasteiger partial charge in [0, 0.05) is 34.6 Å². The summed E-state index contributed by atoms with van der Waals surface area (Å²) in [4.78, 5) is 41.8. The Morgan fingerprint density at radius 1 is 0.950 bits per heavy atom. The Morgan fingerprint density at radius 3 is 2.20 bits per heavy atom. The standard InChI is InChI=1S/C29H29Cl2N3O5S/c1-3-19(2)32-28(36)25(16-20-10-5-4-6-11-20)33(17-22-23(30)13-9-14-24(22)31)27(35)18-34-29(37)21-12-7-8-15-26(21)40(34,38)39/h4-15,19,25H,3,16-18H2,1-2H3,(H,32,36)/t19-,25+/m1/s1. The lowest BCUT2D eigenvalue weighted by Crippen LogP contribution is -2.54. The van der Waals surface area contributed by atoms with Gasteiger partial charge in [-0.2, -0.15) is 0 Å². The molecule has 3 amide bonds. The highest BCUT2D eigenvalue weighted by Crippen LogP contribution is 2.31. The van der Waals surface area contributed by atoms with Gasteiger partial charge in [0.2, 0.25) is 11.8 Å². The molecule has 4 rings (SSSR count). The summed E-state index contributed by atoms with van der Waals surface area (Å²) >= 11 is 12.9. The second kappa shape index (κ2) is 12.4. The van der Waals surface area contributed by atoms with Crippen molar-refractivity contribution in [2.75, 3.05) is 6.54 Å². The highest BCUT2D eigenvalue weighted by atomic mass is 35.5. The van der Waals surface area contributed by atoms with Crippen LogP contribution in [0.1, 0.15) is 41.8 Å². The Morgan fingerprint density at radius 2 is 1.57 bits per heavy atom. The molecule has 0 spiro atoms. The third kappa shape index (κ3) is 6.16. The van der Waals surface area contributed by atoms with Gasteiger partial charge >= 0.3 is 0 Å². The van der Waals surface area contributed by atoms with E-state index in [2.05, 4.69) is 5.32 Å². The quantitative estimate of drug-likeness (QED) is 0.363. The van der Waals surface area contributed by atoms with E-state index in [9.17, 15) is 22.8 Å². The molecule has 11 heteroatoms. The van der Waals surface area contributed by atoms with Gasteiger partial charge in [0.1, 0.15) is 17.5 Å². The van der Waals surface area contributed by atoms with E-state index in [0.717, 1.165) is 5.56 Å². The molecule has 0 bridgehead atoms. The van der Waals surface area contributed by atoms with Crippen molar-refractivity contribution in [2.24, 2.45) is 0 Å². The average Bonchev–Trinajstić information content (AvgIpc) is 3.13. The molecule has 1 N–H and O–H groups in total. The number of rotatable bonds is 10. The van der Waals surface area contributed by atoms with Gasteiger partial charge < -0.3 is 10.2 Å². The van der Waals surface area contributed by atoms with Gasteiger partial charge in [-0.05, 0) is 43.2 Å². The van der Waals surface area contributed by atoms with E-state index in [1.165, 1.54) is 23.1 Å². The first-order valence-corrected chi connectivity index (χ1v) is 15.0. The first-order chi connectivity index (χ1) is 19.0. The Hall–Kier alpha value is -3.40. The molecular formula is C29H29Cl2N3O5S. The number of amides is 3. The van der Waals surface area contributed by atoms with E-state index in [4.69, 9.17) is 23.2 Å². The van der Waals surface area contributed by atoms with E-state index in [0.29, 0.717) is 16.3 Å². The largest absolute Gasteiger partial charge is 0.352 e. The van der Waals surface area contributed by atoms with Crippen molar-refractivity contribution >= 4 is 50.9 Å². The molecule has 3 aromatic rings. The summed E-state index contributed by atoms with van der Waals surface area (Å²) < 4.78 is 27.0. The van der Waals surface area contributed by atoms with Crippen LogP contribution < -0.4 is 5.32 Å². The SMILES string of the molecule is CC[C@@H](C)NC(=O)[C@H](Cc1ccccc1)N(Cc1c(Cl)cccc1Cl)C(=O)CN1C(=O)c2ccccc2S1(=O)=O. The molecule has 0 radical (unpaired) electrons.